The van der Waals surface area contributed by atoms with Gasteiger partial charge in [-0.05, 0) is 24.5 Å². The number of oxazole rings is 1. The lowest BCUT2D eigenvalue weighted by Gasteiger charge is -2.13. The van der Waals surface area contributed by atoms with Gasteiger partial charge in [0.2, 0.25) is 0 Å². The highest BCUT2D eigenvalue weighted by molar-refractivity contribution is 6.33. The molecule has 0 bridgehead atoms. The second kappa shape index (κ2) is 7.42. The lowest BCUT2D eigenvalue weighted by atomic mass is 10.1. The molecule has 0 spiro atoms. The maximum Gasteiger partial charge on any atom is 0.274 e. The molecule has 1 amide bonds. The molecule has 0 aliphatic rings. The molecule has 1 aromatic heterocycles. The Bertz CT molecular complexity index is 640. The first kappa shape index (κ1) is 16.5. The van der Waals surface area contributed by atoms with Gasteiger partial charge >= 0.3 is 0 Å². The summed E-state index contributed by atoms with van der Waals surface area (Å²) in [6.45, 7) is 4.20. The third-order valence-electron chi connectivity index (χ3n) is 3.14. The summed E-state index contributed by atoms with van der Waals surface area (Å²) < 4.78 is 5.31. The molecule has 2 aromatic rings. The van der Waals surface area contributed by atoms with Gasteiger partial charge in [-0.15, -0.1) is 0 Å². The first-order valence-corrected chi connectivity index (χ1v) is 7.51. The van der Waals surface area contributed by atoms with E-state index in [-0.39, 0.29) is 12.2 Å². The molecule has 1 aromatic carbocycles. The zero-order valence-corrected chi connectivity index (χ0v) is 13.3. The Morgan fingerprint density at radius 1 is 1.41 bits per heavy atom. The fourth-order valence-electron chi connectivity index (χ4n) is 2.17. The van der Waals surface area contributed by atoms with Gasteiger partial charge in [-0.2, -0.15) is 0 Å². The van der Waals surface area contributed by atoms with E-state index in [1.54, 1.807) is 24.3 Å². The van der Waals surface area contributed by atoms with Crippen LogP contribution in [0.2, 0.25) is 5.02 Å². The van der Waals surface area contributed by atoms with Crippen LogP contribution in [0.3, 0.4) is 0 Å². The minimum Gasteiger partial charge on any atom is -0.443 e. The molecule has 0 aliphatic carbocycles. The van der Waals surface area contributed by atoms with Crippen molar-refractivity contribution in [2.24, 2.45) is 5.92 Å². The van der Waals surface area contributed by atoms with Crippen LogP contribution in [0.15, 0.2) is 35.1 Å². The van der Waals surface area contributed by atoms with Crippen molar-refractivity contribution in [1.29, 1.82) is 0 Å². The lowest BCUT2D eigenvalue weighted by Crippen LogP contribution is -2.33. The second-order valence-corrected chi connectivity index (χ2v) is 5.91. The first-order chi connectivity index (χ1) is 10.5. The molecule has 1 heterocycles. The Morgan fingerprint density at radius 3 is 2.82 bits per heavy atom. The molecular formula is C16H19ClN2O3. The van der Waals surface area contributed by atoms with Crippen LogP contribution in [0.5, 0.6) is 0 Å². The maximum atomic E-state index is 12.2. The van der Waals surface area contributed by atoms with E-state index < -0.39 is 12.0 Å². The summed E-state index contributed by atoms with van der Waals surface area (Å²) in [5, 5.41) is 13.0. The molecule has 0 saturated heterocycles. The number of aromatic nitrogens is 1. The Kier molecular flexibility index (Phi) is 5.57. The number of carbonyl (C=O) groups is 1. The zero-order valence-electron chi connectivity index (χ0n) is 12.5. The predicted molar refractivity (Wildman–Crippen MR) is 84.7 cm³/mol. The van der Waals surface area contributed by atoms with E-state index in [1.807, 2.05) is 13.8 Å². The molecule has 0 fully saturated rings. The van der Waals surface area contributed by atoms with Gasteiger partial charge < -0.3 is 14.8 Å². The van der Waals surface area contributed by atoms with Crippen molar-refractivity contribution in [2.45, 2.75) is 26.4 Å². The largest absolute Gasteiger partial charge is 0.443 e. The quantitative estimate of drug-likeness (QED) is 0.856. The number of rotatable bonds is 6. The molecule has 0 radical (unpaired) electrons. The third kappa shape index (κ3) is 4.08. The summed E-state index contributed by atoms with van der Waals surface area (Å²) in [7, 11) is 0. The minimum atomic E-state index is -0.584. The van der Waals surface area contributed by atoms with Gasteiger partial charge in [0.1, 0.15) is 0 Å². The normalized spacial score (nSPS) is 12.4. The highest BCUT2D eigenvalue weighted by Gasteiger charge is 2.20. The van der Waals surface area contributed by atoms with Crippen LogP contribution in [-0.2, 0) is 0 Å². The molecule has 0 aliphatic heterocycles. The van der Waals surface area contributed by atoms with Crippen molar-refractivity contribution in [1.82, 2.24) is 10.3 Å². The summed E-state index contributed by atoms with van der Waals surface area (Å²) in [5.41, 5.74) is 0.763. The first-order valence-electron chi connectivity index (χ1n) is 7.13. The van der Waals surface area contributed by atoms with Crippen molar-refractivity contribution >= 4 is 17.5 Å². The standard InChI is InChI=1S/C16H19ClN2O3/c1-10(2)7-11(20)8-18-16(21)14-15(22-9-19-14)12-5-3-4-6-13(12)17/h3-6,9-11,20H,7-8H2,1-2H3,(H,18,21). The SMILES string of the molecule is CC(C)CC(O)CNC(=O)c1ncoc1-c1ccccc1Cl. The molecule has 22 heavy (non-hydrogen) atoms. The molecule has 2 N–H and O–H groups in total. The van der Waals surface area contributed by atoms with Gasteiger partial charge in [-0.1, -0.05) is 37.6 Å². The molecule has 1 unspecified atom stereocenters. The summed E-state index contributed by atoms with van der Waals surface area (Å²) in [5.74, 6) is 0.283. The van der Waals surface area contributed by atoms with Crippen LogP contribution in [0.1, 0.15) is 30.8 Å². The number of aliphatic hydroxyl groups excluding tert-OH is 1. The van der Waals surface area contributed by atoms with Crippen molar-refractivity contribution in [2.75, 3.05) is 6.54 Å². The lowest BCUT2D eigenvalue weighted by molar-refractivity contribution is 0.0896. The van der Waals surface area contributed by atoms with Gasteiger partial charge in [0.25, 0.3) is 5.91 Å². The van der Waals surface area contributed by atoms with Gasteiger partial charge in [-0.3, -0.25) is 4.79 Å². The van der Waals surface area contributed by atoms with Gasteiger partial charge in [0, 0.05) is 12.1 Å². The van der Waals surface area contributed by atoms with E-state index in [4.69, 9.17) is 16.0 Å². The summed E-state index contributed by atoms with van der Waals surface area (Å²) in [6, 6.07) is 7.07. The van der Waals surface area contributed by atoms with Gasteiger partial charge in [0.05, 0.1) is 11.1 Å². The van der Waals surface area contributed by atoms with Crippen LogP contribution in [-0.4, -0.2) is 28.6 Å². The van der Waals surface area contributed by atoms with Crippen LogP contribution in [0.25, 0.3) is 11.3 Å². The van der Waals surface area contributed by atoms with Gasteiger partial charge in [-0.25, -0.2) is 4.98 Å². The molecule has 6 heteroatoms. The number of halogens is 1. The highest BCUT2D eigenvalue weighted by Crippen LogP contribution is 2.29. The Labute approximate surface area is 134 Å². The van der Waals surface area contributed by atoms with E-state index >= 15 is 0 Å². The third-order valence-corrected chi connectivity index (χ3v) is 3.47. The van der Waals surface area contributed by atoms with Crippen molar-refractivity contribution in [3.63, 3.8) is 0 Å². The molecule has 5 nitrogen and oxygen atoms in total. The van der Waals surface area contributed by atoms with Gasteiger partial charge in [0.15, 0.2) is 17.8 Å². The number of carbonyl (C=O) groups excluding carboxylic acids is 1. The highest BCUT2D eigenvalue weighted by atomic mass is 35.5. The Morgan fingerprint density at radius 2 is 2.14 bits per heavy atom. The predicted octanol–water partition coefficient (Wildman–Crippen LogP) is 3.13. The van der Waals surface area contributed by atoms with Crippen molar-refractivity contribution in [3.8, 4) is 11.3 Å². The Hall–Kier alpha value is -1.85. The summed E-state index contributed by atoms with van der Waals surface area (Å²) >= 11 is 6.12. The molecule has 0 saturated carbocycles. The number of hydrogen-bond donors (Lipinski definition) is 2. The molecule has 118 valence electrons. The fourth-order valence-corrected chi connectivity index (χ4v) is 2.39. The van der Waals surface area contributed by atoms with E-state index in [0.29, 0.717) is 28.7 Å². The fraction of sp³-hybridized carbons (Fsp3) is 0.375. The average molecular weight is 323 g/mol. The van der Waals surface area contributed by atoms with E-state index in [9.17, 15) is 9.90 Å². The number of nitrogens with one attached hydrogen (secondary N) is 1. The van der Waals surface area contributed by atoms with Crippen LogP contribution in [0.4, 0.5) is 0 Å². The number of hydrogen-bond acceptors (Lipinski definition) is 4. The number of aliphatic hydroxyl groups is 1. The second-order valence-electron chi connectivity index (χ2n) is 5.50. The molecule has 2 rings (SSSR count). The Balaban J connectivity index is 2.09. The average Bonchev–Trinajstić information content (AvgIpc) is 2.94. The smallest absolute Gasteiger partial charge is 0.274 e. The van der Waals surface area contributed by atoms with E-state index in [0.717, 1.165) is 0 Å². The monoisotopic (exact) mass is 322 g/mol. The van der Waals surface area contributed by atoms with Crippen molar-refractivity contribution < 1.29 is 14.3 Å². The van der Waals surface area contributed by atoms with E-state index in [1.165, 1.54) is 6.39 Å². The molecular weight excluding hydrogens is 304 g/mol. The molecule has 1 atom stereocenters. The van der Waals surface area contributed by atoms with Crippen molar-refractivity contribution in [3.05, 3.63) is 41.4 Å². The summed E-state index contributed by atoms with van der Waals surface area (Å²) in [4.78, 5) is 16.2. The topological polar surface area (TPSA) is 75.4 Å². The number of nitrogens with zero attached hydrogens (tertiary/aromatic N) is 1. The maximum absolute atomic E-state index is 12.2. The zero-order chi connectivity index (χ0) is 16.1. The minimum absolute atomic E-state index is 0.157. The number of amides is 1. The van der Waals surface area contributed by atoms with E-state index in [2.05, 4.69) is 10.3 Å². The van der Waals surface area contributed by atoms with Crippen LogP contribution >= 0.6 is 11.6 Å². The summed E-state index contributed by atoms with van der Waals surface area (Å²) in [6.07, 6.45) is 1.24. The van der Waals surface area contributed by atoms with Crippen LogP contribution in [0, 0.1) is 5.92 Å². The van der Waals surface area contributed by atoms with Crippen LogP contribution < -0.4 is 5.32 Å². The number of benzene rings is 1.